The molecule has 220 valence electrons. The Morgan fingerprint density at radius 2 is 1.63 bits per heavy atom. The molecular formula is C30H54BrN3O4. The van der Waals surface area contributed by atoms with Gasteiger partial charge < -0.3 is 14.8 Å². The maximum Gasteiger partial charge on any atom is 0.407 e. The lowest BCUT2D eigenvalue weighted by atomic mass is 10.1. The van der Waals surface area contributed by atoms with E-state index in [0.29, 0.717) is 13.0 Å². The maximum atomic E-state index is 11.5. The molecule has 0 unspecified atom stereocenters. The fraction of sp³-hybridized carbons (Fsp3) is 0.700. The average molecular weight is 601 g/mol. The van der Waals surface area contributed by atoms with Gasteiger partial charge in [0.25, 0.3) is 6.47 Å². The van der Waals surface area contributed by atoms with Gasteiger partial charge in [-0.1, -0.05) is 80.9 Å². The summed E-state index contributed by atoms with van der Waals surface area (Å²) < 4.78 is 11.2. The first-order valence-electron chi connectivity index (χ1n) is 14.0. The highest BCUT2D eigenvalue weighted by Crippen LogP contribution is 2.20. The third-order valence-electron chi connectivity index (χ3n) is 5.14. The van der Waals surface area contributed by atoms with Crippen LogP contribution in [0.3, 0.4) is 0 Å². The molecule has 8 heteroatoms. The number of unbranched alkanes of at least 4 members (excludes halogenated alkanes) is 6. The predicted molar refractivity (Wildman–Crippen MR) is 164 cm³/mol. The molecule has 0 aliphatic rings. The quantitative estimate of drug-likeness (QED) is 0.150. The zero-order chi connectivity index (χ0) is 29.4. The molecule has 1 aromatic heterocycles. The van der Waals surface area contributed by atoms with Gasteiger partial charge >= 0.3 is 6.09 Å². The Morgan fingerprint density at radius 3 is 2.13 bits per heavy atom. The molecule has 0 atom stereocenters. The average Bonchev–Trinajstić information content (AvgIpc) is 3.18. The zero-order valence-corrected chi connectivity index (χ0v) is 27.1. The summed E-state index contributed by atoms with van der Waals surface area (Å²) in [5, 5.41) is 9.93. The third kappa shape index (κ3) is 19.9. The molecular weight excluding hydrogens is 546 g/mol. The molecule has 0 saturated carbocycles. The number of alkyl halides is 1. The Kier molecular flexibility index (Phi) is 24.0. The maximum absolute atomic E-state index is 11.5. The van der Waals surface area contributed by atoms with Gasteiger partial charge in [0.05, 0.1) is 18.3 Å². The predicted octanol–water partition coefficient (Wildman–Crippen LogP) is 8.52. The van der Waals surface area contributed by atoms with Crippen molar-refractivity contribution in [3.8, 4) is 0 Å². The normalized spacial score (nSPS) is 10.2. The number of carbonyl (C=O) groups is 2. The molecule has 7 nitrogen and oxygen atoms in total. The monoisotopic (exact) mass is 599 g/mol. The number of rotatable bonds is 12. The number of hydrogen-bond donors (Lipinski definition) is 1. The van der Waals surface area contributed by atoms with E-state index >= 15 is 0 Å². The number of carbonyl (C=O) groups excluding carboxylic acids is 2. The lowest BCUT2D eigenvalue weighted by Crippen LogP contribution is -2.32. The highest BCUT2D eigenvalue weighted by atomic mass is 79.9. The minimum Gasteiger partial charge on any atom is -0.471 e. The lowest BCUT2D eigenvalue weighted by Gasteiger charge is -2.19. The van der Waals surface area contributed by atoms with Crippen LogP contribution in [0.4, 0.5) is 4.79 Å². The van der Waals surface area contributed by atoms with Gasteiger partial charge in [0, 0.05) is 23.8 Å². The van der Waals surface area contributed by atoms with E-state index in [9.17, 15) is 4.79 Å². The molecule has 0 radical (unpaired) electrons. The number of benzene rings is 1. The fourth-order valence-electron chi connectivity index (χ4n) is 3.35. The van der Waals surface area contributed by atoms with Gasteiger partial charge in [-0.3, -0.25) is 9.48 Å². The summed E-state index contributed by atoms with van der Waals surface area (Å²) in [6, 6.07) is 6.56. The van der Waals surface area contributed by atoms with Gasteiger partial charge in [-0.05, 0) is 65.5 Å². The molecule has 1 aromatic carbocycles. The van der Waals surface area contributed by atoms with Crippen LogP contribution < -0.4 is 5.32 Å². The molecule has 0 aliphatic heterocycles. The van der Waals surface area contributed by atoms with E-state index in [1.807, 2.05) is 34.6 Å². The third-order valence-corrected chi connectivity index (χ3v) is 5.70. The smallest absolute Gasteiger partial charge is 0.407 e. The second kappa shape index (κ2) is 24.0. The van der Waals surface area contributed by atoms with Gasteiger partial charge in [0.2, 0.25) is 0 Å². The van der Waals surface area contributed by atoms with Gasteiger partial charge in [-0.2, -0.15) is 5.10 Å². The summed E-state index contributed by atoms with van der Waals surface area (Å²) in [6.07, 6.45) is 9.22. The largest absolute Gasteiger partial charge is 0.471 e. The van der Waals surface area contributed by atoms with E-state index in [2.05, 4.69) is 69.6 Å². The molecule has 0 aliphatic carbocycles. The van der Waals surface area contributed by atoms with Crippen LogP contribution in [-0.4, -0.2) is 46.9 Å². The molecule has 1 amide bonds. The number of fused-ring (bicyclic) bond motifs is 1. The van der Waals surface area contributed by atoms with Crippen molar-refractivity contribution in [1.82, 2.24) is 15.1 Å². The SMILES string of the molecule is CC.CCCCBr.COC=O.Cc1ccc2c(C)nn(CCCCCCCCNC(=O)OC(C)(C)C)c2c1. The minimum atomic E-state index is -0.429. The van der Waals surface area contributed by atoms with E-state index in [-0.39, 0.29) is 6.09 Å². The van der Waals surface area contributed by atoms with E-state index in [0.717, 1.165) is 36.8 Å². The van der Waals surface area contributed by atoms with Crippen molar-refractivity contribution in [3.05, 3.63) is 29.5 Å². The molecule has 0 bridgehead atoms. The minimum absolute atomic E-state index is 0.320. The second-order valence-electron chi connectivity index (χ2n) is 9.75. The van der Waals surface area contributed by atoms with Gasteiger partial charge in [0.1, 0.15) is 5.60 Å². The van der Waals surface area contributed by atoms with Crippen LogP contribution >= 0.6 is 15.9 Å². The van der Waals surface area contributed by atoms with E-state index < -0.39 is 5.60 Å². The van der Waals surface area contributed by atoms with Gasteiger partial charge in [0.15, 0.2) is 0 Å². The van der Waals surface area contributed by atoms with Crippen LogP contribution in [0.5, 0.6) is 0 Å². The first-order valence-corrected chi connectivity index (χ1v) is 15.1. The van der Waals surface area contributed by atoms with Crippen LogP contribution in [0, 0.1) is 13.8 Å². The summed E-state index contributed by atoms with van der Waals surface area (Å²) in [4.78, 5) is 20.5. The number of nitrogens with one attached hydrogen (secondary N) is 1. The van der Waals surface area contributed by atoms with Crippen LogP contribution in [-0.2, 0) is 20.8 Å². The molecule has 38 heavy (non-hydrogen) atoms. The Labute approximate surface area is 240 Å². The summed E-state index contributed by atoms with van der Waals surface area (Å²) in [7, 11) is 1.31. The number of aromatic nitrogens is 2. The summed E-state index contributed by atoms with van der Waals surface area (Å²) in [6.45, 7) is 18.1. The summed E-state index contributed by atoms with van der Waals surface area (Å²) >= 11 is 3.31. The molecule has 2 aromatic rings. The number of amides is 1. The number of methoxy groups -OCH3 is 1. The first kappa shape index (κ1) is 38.1. The topological polar surface area (TPSA) is 82.5 Å². The van der Waals surface area contributed by atoms with Crippen LogP contribution in [0.1, 0.15) is 104 Å². The number of aryl methyl sites for hydroxylation is 3. The highest BCUT2D eigenvalue weighted by molar-refractivity contribution is 9.09. The molecule has 1 N–H and O–H groups in total. The van der Waals surface area contributed by atoms with Crippen LogP contribution in [0.25, 0.3) is 10.9 Å². The Bertz CT molecular complexity index is 861. The fourth-order valence-corrected chi connectivity index (χ4v) is 3.91. The van der Waals surface area contributed by atoms with Crippen molar-refractivity contribution in [2.75, 3.05) is 19.0 Å². The van der Waals surface area contributed by atoms with Crippen molar-refractivity contribution in [3.63, 3.8) is 0 Å². The molecule has 1 heterocycles. The Hall–Kier alpha value is -2.09. The van der Waals surface area contributed by atoms with Gasteiger partial charge in [-0.15, -0.1) is 0 Å². The van der Waals surface area contributed by atoms with Crippen molar-refractivity contribution in [1.29, 1.82) is 0 Å². The first-order chi connectivity index (χ1) is 18.1. The number of ether oxygens (including phenoxy) is 2. The molecule has 0 fully saturated rings. The second-order valence-corrected chi connectivity index (χ2v) is 10.5. The molecule has 0 saturated heterocycles. The van der Waals surface area contributed by atoms with Crippen molar-refractivity contribution in [2.45, 2.75) is 119 Å². The van der Waals surface area contributed by atoms with Crippen molar-refractivity contribution < 1.29 is 19.1 Å². The van der Waals surface area contributed by atoms with Crippen molar-refractivity contribution in [2.24, 2.45) is 0 Å². The standard InChI is InChI=1S/C22H35N3O2.C4H9Br.C2H4O2.C2H6/c1-17-12-13-19-18(2)24-25(20(19)16-17)15-11-9-7-6-8-10-14-23-21(26)27-22(3,4)5;1-2-3-4-5;1-4-2-3;1-2/h12-13,16H,6-11,14-15H2,1-5H3,(H,23,26);2-4H2,1H3;2H,1H3;1-2H3. The number of alkyl carbamates (subject to hydrolysis) is 1. The lowest BCUT2D eigenvalue weighted by molar-refractivity contribution is -0.126. The molecule has 2 rings (SSSR count). The van der Waals surface area contributed by atoms with E-state index in [1.165, 1.54) is 55.7 Å². The number of halogens is 1. The summed E-state index contributed by atoms with van der Waals surface area (Å²) in [5.74, 6) is 0. The van der Waals surface area contributed by atoms with Crippen molar-refractivity contribution >= 4 is 39.4 Å². The van der Waals surface area contributed by atoms with E-state index in [1.54, 1.807) is 0 Å². The number of hydrogen-bond acceptors (Lipinski definition) is 5. The van der Waals surface area contributed by atoms with E-state index in [4.69, 9.17) is 14.6 Å². The highest BCUT2D eigenvalue weighted by Gasteiger charge is 2.15. The zero-order valence-electron chi connectivity index (χ0n) is 25.5. The molecule has 0 spiro atoms. The van der Waals surface area contributed by atoms with Gasteiger partial charge in [-0.25, -0.2) is 4.79 Å². The Balaban J connectivity index is 0. The Morgan fingerprint density at radius 1 is 1.05 bits per heavy atom. The van der Waals surface area contributed by atoms with Crippen LogP contribution in [0.2, 0.25) is 0 Å². The summed E-state index contributed by atoms with van der Waals surface area (Å²) in [5.41, 5.74) is 3.22. The number of nitrogens with zero attached hydrogens (tertiary/aromatic N) is 2. The van der Waals surface area contributed by atoms with Crippen LogP contribution in [0.15, 0.2) is 18.2 Å².